The van der Waals surface area contributed by atoms with E-state index in [2.05, 4.69) is 309 Å². The molecule has 3 aromatic heterocycles. The van der Waals surface area contributed by atoms with Gasteiger partial charge in [0.1, 0.15) is 21.1 Å². The summed E-state index contributed by atoms with van der Waals surface area (Å²) in [6.45, 7) is 34.2. The Kier molecular flexibility index (Phi) is 15.1. The summed E-state index contributed by atoms with van der Waals surface area (Å²) in [5.74, 6) is 0. The zero-order valence-corrected chi connectivity index (χ0v) is 56.8. The van der Waals surface area contributed by atoms with Crippen molar-refractivity contribution in [2.45, 2.75) is 140 Å². The molecule has 0 bridgehead atoms. The number of hydrogen-bond acceptors (Lipinski definition) is 0. The Morgan fingerprint density at radius 1 is 0.289 bits per heavy atom. The van der Waals surface area contributed by atoms with Crippen molar-refractivity contribution in [2.75, 3.05) is 0 Å². The second-order valence-electron chi connectivity index (χ2n) is 28.4. The second-order valence-corrected chi connectivity index (χ2v) is 28.4. The van der Waals surface area contributed by atoms with Gasteiger partial charge in [-0.3, -0.25) is 0 Å². The normalized spacial score (nSPS) is 13.9. The molecule has 0 fully saturated rings. The van der Waals surface area contributed by atoms with Gasteiger partial charge in [0.2, 0.25) is 17.1 Å². The maximum Gasteiger partial charge on any atom is 0.213 e. The molecule has 0 saturated carbocycles. The summed E-state index contributed by atoms with van der Waals surface area (Å²) in [6, 6.07) is 57.9. The fourth-order valence-electron chi connectivity index (χ4n) is 16.0. The van der Waals surface area contributed by atoms with Gasteiger partial charge in [0.15, 0.2) is 18.6 Å². The largest absolute Gasteiger partial charge is 0.213 e. The smallest absolute Gasteiger partial charge is 0.201 e. The van der Waals surface area contributed by atoms with Gasteiger partial charge in [0.05, 0.1) is 16.7 Å². The average molecular weight is 1180 g/mol. The highest BCUT2D eigenvalue weighted by Crippen LogP contribution is 2.57. The molecule has 0 aliphatic heterocycles. The van der Waals surface area contributed by atoms with E-state index in [0.29, 0.717) is 0 Å². The number of benzene rings is 9. The minimum atomic E-state index is -0.0368. The van der Waals surface area contributed by atoms with E-state index in [-0.39, 0.29) is 10.8 Å². The van der Waals surface area contributed by atoms with Gasteiger partial charge in [0, 0.05) is 41.8 Å². The molecule has 0 amide bonds. The van der Waals surface area contributed by atoms with Crippen LogP contribution >= 0.6 is 0 Å². The summed E-state index contributed by atoms with van der Waals surface area (Å²) in [7, 11) is 6.49. The predicted molar refractivity (Wildman–Crippen MR) is 381 cm³/mol. The minimum Gasteiger partial charge on any atom is -0.201 e. The number of hydrogen-bond donors (Lipinski definition) is 0. The van der Waals surface area contributed by atoms with Crippen molar-refractivity contribution in [2.24, 2.45) is 21.1 Å². The van der Waals surface area contributed by atoms with Crippen molar-refractivity contribution >= 4 is 32.3 Å². The molecule has 3 aliphatic rings. The molecular formula is C87H90N3+3. The molecular weight excluding hydrogens is 1090 g/mol. The van der Waals surface area contributed by atoms with Crippen LogP contribution in [0.5, 0.6) is 0 Å². The third-order valence-corrected chi connectivity index (χ3v) is 21.3. The molecule has 0 unspecified atom stereocenters. The van der Waals surface area contributed by atoms with E-state index in [0.717, 1.165) is 25.7 Å². The molecule has 12 aromatic rings. The summed E-state index contributed by atoms with van der Waals surface area (Å²) in [6.07, 6.45) is 11.0. The Bertz CT molecular complexity index is 4980. The summed E-state index contributed by atoms with van der Waals surface area (Å²) >= 11 is 0. The number of aryl methyl sites for hydroxylation is 16. The molecule has 3 heterocycles. The van der Waals surface area contributed by atoms with E-state index >= 15 is 0 Å². The fraction of sp³-hybridized carbons (Fsp3) is 0.276. The summed E-state index contributed by atoms with van der Waals surface area (Å²) < 4.78 is 6.81. The lowest BCUT2D eigenvalue weighted by molar-refractivity contribution is -0.660. The number of nitrogens with zero attached hydrogens (tertiary/aromatic N) is 3. The lowest BCUT2D eigenvalue weighted by atomic mass is 9.54. The molecule has 0 atom stereocenters. The van der Waals surface area contributed by atoms with Crippen LogP contribution in [0.25, 0.3) is 99.5 Å². The molecule has 0 spiro atoms. The Balaban J connectivity index is 0.000000124. The predicted octanol–water partition coefficient (Wildman–Crippen LogP) is 20.2. The molecule has 3 nitrogen and oxygen atoms in total. The Labute approximate surface area is 536 Å². The molecule has 0 N–H and O–H groups in total. The van der Waals surface area contributed by atoms with Crippen LogP contribution in [-0.4, -0.2) is 0 Å². The molecule has 3 aliphatic carbocycles. The van der Waals surface area contributed by atoms with Crippen LogP contribution in [0.3, 0.4) is 0 Å². The van der Waals surface area contributed by atoms with Crippen LogP contribution < -0.4 is 13.7 Å². The van der Waals surface area contributed by atoms with E-state index in [1.54, 1.807) is 0 Å². The number of pyridine rings is 3. The lowest BCUT2D eigenvalue weighted by Gasteiger charge is -2.49. The average Bonchev–Trinajstić information content (AvgIpc) is 0.710. The first kappa shape index (κ1) is 60.1. The first-order valence-electron chi connectivity index (χ1n) is 32.8. The van der Waals surface area contributed by atoms with E-state index < -0.39 is 0 Å². The van der Waals surface area contributed by atoms with Crippen LogP contribution in [0, 0.1) is 76.2 Å². The van der Waals surface area contributed by atoms with Gasteiger partial charge in [-0.2, -0.15) is 0 Å². The Morgan fingerprint density at radius 2 is 0.733 bits per heavy atom. The highest BCUT2D eigenvalue weighted by atomic mass is 14.9. The van der Waals surface area contributed by atoms with Gasteiger partial charge >= 0.3 is 0 Å². The number of aromatic nitrogens is 3. The van der Waals surface area contributed by atoms with Crippen LogP contribution in [0.15, 0.2) is 170 Å². The quantitative estimate of drug-likeness (QED) is 0.156. The maximum absolute atomic E-state index is 2.45. The summed E-state index contributed by atoms with van der Waals surface area (Å²) in [4.78, 5) is 0. The third-order valence-electron chi connectivity index (χ3n) is 21.3. The Morgan fingerprint density at radius 3 is 1.30 bits per heavy atom. The van der Waals surface area contributed by atoms with Crippen LogP contribution in [0.2, 0.25) is 0 Å². The van der Waals surface area contributed by atoms with Gasteiger partial charge in [-0.15, -0.1) is 0 Å². The SMILES string of the molecule is Cc1cc[n+](C)c(-c2c(C)cc(C)c3c2CCc2cc4cc(C)ccc4cc2-3)c1.Cc1cc[n+](C)c(-c2c(C)cc(C)c3c2CCc2ccc4cc(C)ccc4c2-3)c1.Cc1cc[n+](C)c(-c2c(C)ccc3c2C(C)(C)C(C)(C)c2cc4cc(C)ccc4cc2-3)c1. The standard InChI is InChI=1S/C31H34N.2C28H28N/c1-19-9-11-22-17-25-24-12-10-21(3)28(27-16-20(2)13-14-32(27)8)29(24)31(6,7)30(4,5)26(25)18-23(22)15-19;1-17-6-10-23-22(14-17)8-7-21-9-11-24-26(25-15-18(2)12-13-29(25)5)19(3)16-20(4)27(24)28(21)23;1-17-6-7-21-16-25-22(15-23(21)12-17)8-9-24-27(25)19(3)14-20(4)28(24)26-13-18(2)10-11-29(26)5/h9-18H,1-8H3;6-8,10,12-16H,9,11H2,1-5H3;6-7,10-16H,8-9H2,1-5H3/q3*+1. The van der Waals surface area contributed by atoms with E-state index in [1.165, 1.54) is 194 Å². The van der Waals surface area contributed by atoms with E-state index in [1.807, 2.05) is 0 Å². The van der Waals surface area contributed by atoms with Crippen molar-refractivity contribution < 1.29 is 13.7 Å². The van der Waals surface area contributed by atoms with Crippen molar-refractivity contribution in [3.05, 3.63) is 265 Å². The fourth-order valence-corrected chi connectivity index (χ4v) is 16.0. The Hall–Kier alpha value is -8.79. The zero-order chi connectivity index (χ0) is 63.6. The molecule has 450 valence electrons. The molecule has 0 radical (unpaired) electrons. The van der Waals surface area contributed by atoms with E-state index in [9.17, 15) is 0 Å². The van der Waals surface area contributed by atoms with Crippen LogP contribution in [0.1, 0.15) is 122 Å². The van der Waals surface area contributed by atoms with Gasteiger partial charge in [0.25, 0.3) is 0 Å². The number of rotatable bonds is 3. The second kappa shape index (κ2) is 22.6. The van der Waals surface area contributed by atoms with Gasteiger partial charge in [-0.05, 0) is 269 Å². The van der Waals surface area contributed by atoms with Crippen LogP contribution in [0.4, 0.5) is 0 Å². The highest BCUT2D eigenvalue weighted by Gasteiger charge is 2.48. The highest BCUT2D eigenvalue weighted by molar-refractivity contribution is 6.02. The molecule has 0 saturated heterocycles. The van der Waals surface area contributed by atoms with Gasteiger partial charge in [-0.1, -0.05) is 141 Å². The molecule has 3 heteroatoms. The molecule has 9 aromatic carbocycles. The maximum atomic E-state index is 2.45. The topological polar surface area (TPSA) is 11.6 Å². The van der Waals surface area contributed by atoms with Crippen LogP contribution in [-0.2, 0) is 57.7 Å². The molecule has 15 rings (SSSR count). The zero-order valence-electron chi connectivity index (χ0n) is 56.8. The first-order chi connectivity index (χ1) is 42.9. The van der Waals surface area contributed by atoms with Gasteiger partial charge in [-0.25, -0.2) is 13.7 Å². The van der Waals surface area contributed by atoms with Crippen molar-refractivity contribution in [1.82, 2.24) is 0 Å². The lowest BCUT2D eigenvalue weighted by Crippen LogP contribution is -2.44. The summed E-state index contributed by atoms with van der Waals surface area (Å²) in [5, 5.41) is 8.10. The molecule has 90 heavy (non-hydrogen) atoms. The van der Waals surface area contributed by atoms with Gasteiger partial charge < -0.3 is 0 Å². The van der Waals surface area contributed by atoms with Crippen molar-refractivity contribution in [3.8, 4) is 67.2 Å². The van der Waals surface area contributed by atoms with Crippen molar-refractivity contribution in [3.63, 3.8) is 0 Å². The minimum absolute atomic E-state index is 0.0157. The number of fused-ring (bicyclic) bond motifs is 13. The monoisotopic (exact) mass is 1180 g/mol. The first-order valence-corrected chi connectivity index (χ1v) is 32.8. The van der Waals surface area contributed by atoms with Crippen molar-refractivity contribution in [1.29, 1.82) is 0 Å². The van der Waals surface area contributed by atoms with E-state index in [4.69, 9.17) is 0 Å². The third kappa shape index (κ3) is 10.2. The summed E-state index contributed by atoms with van der Waals surface area (Å²) in [5.41, 5.74) is 40.4.